The highest BCUT2D eigenvalue weighted by Gasteiger charge is 2.11. The van der Waals surface area contributed by atoms with Gasteiger partial charge in [-0.1, -0.05) is 0 Å². The summed E-state index contributed by atoms with van der Waals surface area (Å²) in [6.07, 6.45) is 2.31. The average Bonchev–Trinajstić information content (AvgIpc) is 3.16. The third kappa shape index (κ3) is 7.49. The molecule has 0 radical (unpaired) electrons. The lowest BCUT2D eigenvalue weighted by atomic mass is 10.2. The number of nitrogens with one attached hydrogen (secondary N) is 3. The second kappa shape index (κ2) is 12.0. The molecule has 0 aliphatic rings. The molecule has 150 valence electrons. The highest BCUT2D eigenvalue weighted by molar-refractivity contribution is 14.0. The number of nitrogens with zero attached hydrogens (tertiary/aromatic N) is 2. The van der Waals surface area contributed by atoms with Gasteiger partial charge < -0.3 is 20.4 Å². The maximum atomic E-state index is 12.0. The summed E-state index contributed by atoms with van der Waals surface area (Å²) in [5.74, 6) is 0.971. The van der Waals surface area contributed by atoms with Crippen LogP contribution in [0, 0.1) is 20.8 Å². The number of aryl methyl sites for hydroxylation is 3. The Hall–Kier alpha value is -1.62. The van der Waals surface area contributed by atoms with Crippen LogP contribution in [0.1, 0.15) is 45.0 Å². The van der Waals surface area contributed by atoms with Crippen LogP contribution in [0.15, 0.2) is 21.7 Å². The van der Waals surface area contributed by atoms with Gasteiger partial charge >= 0.3 is 0 Å². The molecule has 1 amide bonds. The van der Waals surface area contributed by atoms with E-state index in [9.17, 15) is 4.79 Å². The number of guanidine groups is 1. The molecule has 0 bridgehead atoms. The second-order valence-corrected chi connectivity index (χ2v) is 7.19. The molecule has 0 fully saturated rings. The highest BCUT2D eigenvalue weighted by Crippen LogP contribution is 2.17. The van der Waals surface area contributed by atoms with Gasteiger partial charge in [-0.2, -0.15) is 0 Å². The van der Waals surface area contributed by atoms with Crippen LogP contribution in [-0.2, 0) is 6.54 Å². The van der Waals surface area contributed by atoms with E-state index in [-0.39, 0.29) is 29.9 Å². The van der Waals surface area contributed by atoms with Crippen molar-refractivity contribution < 1.29 is 9.21 Å². The fourth-order valence-corrected chi connectivity index (χ4v) is 3.26. The van der Waals surface area contributed by atoms with Gasteiger partial charge in [-0.3, -0.25) is 4.79 Å². The molecule has 7 nitrogen and oxygen atoms in total. The van der Waals surface area contributed by atoms with Crippen LogP contribution in [0.3, 0.4) is 0 Å². The van der Waals surface area contributed by atoms with Gasteiger partial charge in [0.2, 0.25) is 0 Å². The number of aromatic nitrogens is 1. The first-order valence-corrected chi connectivity index (χ1v) is 9.60. The Balaban J connectivity index is 0.00000364. The van der Waals surface area contributed by atoms with E-state index >= 15 is 0 Å². The van der Waals surface area contributed by atoms with E-state index in [2.05, 4.69) is 25.9 Å². The van der Waals surface area contributed by atoms with Crippen LogP contribution >= 0.6 is 35.3 Å². The number of furan rings is 1. The van der Waals surface area contributed by atoms with Crippen molar-refractivity contribution in [3.8, 4) is 0 Å². The maximum absolute atomic E-state index is 12.0. The van der Waals surface area contributed by atoms with Crippen molar-refractivity contribution >= 4 is 47.2 Å². The fourth-order valence-electron chi connectivity index (χ4n) is 2.40. The van der Waals surface area contributed by atoms with Gasteiger partial charge in [0.25, 0.3) is 5.91 Å². The lowest BCUT2D eigenvalue weighted by molar-refractivity contribution is 0.0925. The molecule has 0 unspecified atom stereocenters. The summed E-state index contributed by atoms with van der Waals surface area (Å²) in [5, 5.41) is 10.4. The number of thiazole rings is 1. The molecule has 2 aromatic rings. The number of carbonyl (C=O) groups excluding carboxylic acids is 1. The van der Waals surface area contributed by atoms with E-state index in [1.54, 1.807) is 17.4 Å². The molecule has 3 N–H and O–H groups in total. The van der Waals surface area contributed by atoms with Gasteiger partial charge in [0, 0.05) is 30.1 Å². The molecule has 27 heavy (non-hydrogen) atoms. The summed E-state index contributed by atoms with van der Waals surface area (Å²) in [4.78, 5) is 22.2. The van der Waals surface area contributed by atoms with Crippen LogP contribution < -0.4 is 16.0 Å². The van der Waals surface area contributed by atoms with E-state index in [0.717, 1.165) is 35.2 Å². The molecule has 9 heteroatoms. The monoisotopic (exact) mass is 505 g/mol. The molecule has 0 spiro atoms. The first-order valence-electron chi connectivity index (χ1n) is 8.78. The van der Waals surface area contributed by atoms with Crippen molar-refractivity contribution in [1.82, 2.24) is 20.9 Å². The van der Waals surface area contributed by atoms with Crippen molar-refractivity contribution in [2.24, 2.45) is 4.99 Å². The zero-order valence-corrected chi connectivity index (χ0v) is 19.4. The van der Waals surface area contributed by atoms with Crippen molar-refractivity contribution in [2.45, 2.75) is 40.7 Å². The summed E-state index contributed by atoms with van der Waals surface area (Å²) in [6, 6.07) is 1.78. The molecule has 0 atom stereocenters. The first kappa shape index (κ1) is 23.4. The normalized spacial score (nSPS) is 11.0. The predicted molar refractivity (Wildman–Crippen MR) is 120 cm³/mol. The van der Waals surface area contributed by atoms with E-state index in [0.29, 0.717) is 25.4 Å². The van der Waals surface area contributed by atoms with Gasteiger partial charge in [-0.05, 0) is 40.2 Å². The highest BCUT2D eigenvalue weighted by atomic mass is 127. The molecule has 0 saturated heterocycles. The Morgan fingerprint density at radius 1 is 1.22 bits per heavy atom. The second-order valence-electron chi connectivity index (χ2n) is 5.91. The van der Waals surface area contributed by atoms with Crippen LogP contribution in [0.4, 0.5) is 0 Å². The molecule has 0 saturated carbocycles. The Morgan fingerprint density at radius 3 is 2.56 bits per heavy atom. The molecule has 2 aromatic heterocycles. The Labute approximate surface area is 181 Å². The standard InChI is InChI=1S/C18H27N5O2S.HI/c1-5-19-18(22-11-15-13(3)23-14(4)26-15)21-9-6-8-20-17(24)16-12(2)7-10-25-16;/h7,10H,5-6,8-9,11H2,1-4H3,(H,20,24)(H2,19,21,22);1H. The topological polar surface area (TPSA) is 91.5 Å². The third-order valence-corrected chi connectivity index (χ3v) is 4.78. The quantitative estimate of drug-likeness (QED) is 0.222. The van der Waals surface area contributed by atoms with Crippen LogP contribution in [0.5, 0.6) is 0 Å². The molecular formula is C18H28IN5O2S. The SMILES string of the molecule is CCNC(=NCc1sc(C)nc1C)NCCCNC(=O)c1occc1C.I. The number of hydrogen-bond acceptors (Lipinski definition) is 5. The third-order valence-electron chi connectivity index (χ3n) is 3.72. The smallest absolute Gasteiger partial charge is 0.287 e. The summed E-state index contributed by atoms with van der Waals surface area (Å²) < 4.78 is 5.18. The summed E-state index contributed by atoms with van der Waals surface area (Å²) >= 11 is 1.68. The van der Waals surface area contributed by atoms with Crippen LogP contribution in [-0.4, -0.2) is 36.5 Å². The minimum atomic E-state index is -0.177. The van der Waals surface area contributed by atoms with E-state index in [1.165, 1.54) is 11.1 Å². The average molecular weight is 505 g/mol. The fraction of sp³-hybridized carbons (Fsp3) is 0.500. The van der Waals surface area contributed by atoms with Crippen molar-refractivity contribution in [1.29, 1.82) is 0 Å². The van der Waals surface area contributed by atoms with Crippen molar-refractivity contribution in [3.63, 3.8) is 0 Å². The lowest BCUT2D eigenvalue weighted by Crippen LogP contribution is -2.38. The maximum Gasteiger partial charge on any atom is 0.287 e. The van der Waals surface area contributed by atoms with Gasteiger partial charge in [0.05, 0.1) is 23.5 Å². The first-order chi connectivity index (χ1) is 12.5. The van der Waals surface area contributed by atoms with Crippen molar-refractivity contribution in [3.05, 3.63) is 39.2 Å². The molecule has 0 aliphatic carbocycles. The molecular weight excluding hydrogens is 477 g/mol. The van der Waals surface area contributed by atoms with Gasteiger partial charge in [0.1, 0.15) is 0 Å². The summed E-state index contributed by atoms with van der Waals surface area (Å²) in [5.41, 5.74) is 1.89. The van der Waals surface area contributed by atoms with Crippen LogP contribution in [0.2, 0.25) is 0 Å². The summed E-state index contributed by atoms with van der Waals surface area (Å²) in [7, 11) is 0. The van der Waals surface area contributed by atoms with Gasteiger partial charge in [-0.15, -0.1) is 35.3 Å². The van der Waals surface area contributed by atoms with Crippen molar-refractivity contribution in [2.75, 3.05) is 19.6 Å². The molecule has 0 aromatic carbocycles. The number of amides is 1. The number of carbonyl (C=O) groups is 1. The molecule has 2 heterocycles. The molecule has 2 rings (SSSR count). The van der Waals surface area contributed by atoms with Crippen LogP contribution in [0.25, 0.3) is 0 Å². The largest absolute Gasteiger partial charge is 0.459 e. The minimum Gasteiger partial charge on any atom is -0.459 e. The van der Waals surface area contributed by atoms with E-state index in [4.69, 9.17) is 4.42 Å². The molecule has 0 aliphatic heterocycles. The summed E-state index contributed by atoms with van der Waals surface area (Å²) in [6.45, 7) is 10.6. The number of halogens is 1. The Bertz CT molecular complexity index is 757. The number of aliphatic imine (C=N–C) groups is 1. The lowest BCUT2D eigenvalue weighted by Gasteiger charge is -2.11. The zero-order valence-electron chi connectivity index (χ0n) is 16.2. The number of rotatable bonds is 8. The Kier molecular flexibility index (Phi) is 10.4. The van der Waals surface area contributed by atoms with E-state index < -0.39 is 0 Å². The number of hydrogen-bond donors (Lipinski definition) is 3. The van der Waals surface area contributed by atoms with Gasteiger partial charge in [-0.25, -0.2) is 9.98 Å². The van der Waals surface area contributed by atoms with E-state index in [1.807, 2.05) is 27.7 Å². The van der Waals surface area contributed by atoms with Gasteiger partial charge in [0.15, 0.2) is 11.7 Å². The predicted octanol–water partition coefficient (Wildman–Crippen LogP) is 3.15. The zero-order chi connectivity index (χ0) is 18.9. The Morgan fingerprint density at radius 2 is 1.96 bits per heavy atom. The minimum absolute atomic E-state index is 0.